The Hall–Kier alpha value is -3.01. The van der Waals surface area contributed by atoms with Gasteiger partial charge in [0.25, 0.3) is 5.91 Å². The van der Waals surface area contributed by atoms with Gasteiger partial charge in [-0.15, -0.1) is 0 Å². The zero-order valence-corrected chi connectivity index (χ0v) is 17.4. The first-order chi connectivity index (χ1) is 14.5. The molecule has 1 amide bonds. The van der Waals surface area contributed by atoms with Crippen LogP contribution in [-0.2, 0) is 20.9 Å². The van der Waals surface area contributed by atoms with Crippen LogP contribution < -0.4 is 5.32 Å². The molecule has 4 rings (SSSR count). The van der Waals surface area contributed by atoms with Crippen molar-refractivity contribution in [3.63, 3.8) is 0 Å². The molecule has 2 fully saturated rings. The highest BCUT2D eigenvalue weighted by Gasteiger charge is 2.40. The van der Waals surface area contributed by atoms with Crippen LogP contribution in [0, 0.1) is 42.9 Å². The highest BCUT2D eigenvalue weighted by molar-refractivity contribution is 5.93. The van der Waals surface area contributed by atoms with Gasteiger partial charge in [0.2, 0.25) is 0 Å². The number of carbonyl (C=O) groups is 2. The first-order valence-corrected chi connectivity index (χ1v) is 10.5. The van der Waals surface area contributed by atoms with E-state index < -0.39 is 5.91 Å². The minimum Gasteiger partial charge on any atom is -0.467 e. The predicted octanol–water partition coefficient (Wildman–Crippen LogP) is 3.93. The van der Waals surface area contributed by atoms with Crippen LogP contribution in [-0.4, -0.2) is 23.1 Å². The lowest BCUT2D eigenvalue weighted by Gasteiger charge is -2.20. The Labute approximate surface area is 176 Å². The molecular formula is C23H27N3O4. The van der Waals surface area contributed by atoms with E-state index in [0.29, 0.717) is 41.9 Å². The van der Waals surface area contributed by atoms with Crippen molar-refractivity contribution in [3.05, 3.63) is 41.0 Å². The number of anilines is 1. The maximum atomic E-state index is 12.5. The van der Waals surface area contributed by atoms with E-state index in [9.17, 15) is 14.9 Å². The minimum absolute atomic E-state index is 0.318. The normalized spacial score (nSPS) is 22.1. The maximum absolute atomic E-state index is 12.5. The van der Waals surface area contributed by atoms with Crippen molar-refractivity contribution in [1.29, 1.82) is 5.26 Å². The van der Waals surface area contributed by atoms with Crippen molar-refractivity contribution in [2.24, 2.45) is 17.8 Å². The number of fused-ring (bicyclic) bond motifs is 2. The van der Waals surface area contributed by atoms with E-state index in [4.69, 9.17) is 9.15 Å². The molecule has 7 heteroatoms. The van der Waals surface area contributed by atoms with E-state index in [2.05, 4.69) is 11.4 Å². The molecule has 2 aliphatic rings. The summed E-state index contributed by atoms with van der Waals surface area (Å²) in [5, 5.41) is 12.3. The van der Waals surface area contributed by atoms with Gasteiger partial charge in [-0.3, -0.25) is 9.59 Å². The number of carbonyl (C=O) groups excluding carboxylic acids is 2. The predicted molar refractivity (Wildman–Crippen MR) is 110 cm³/mol. The number of amides is 1. The van der Waals surface area contributed by atoms with Crippen LogP contribution in [0.15, 0.2) is 22.8 Å². The van der Waals surface area contributed by atoms with Gasteiger partial charge in [-0.25, -0.2) is 0 Å². The summed E-state index contributed by atoms with van der Waals surface area (Å²) >= 11 is 0. The third kappa shape index (κ3) is 4.00. The molecule has 7 nitrogen and oxygen atoms in total. The second-order valence-electron chi connectivity index (χ2n) is 8.56. The number of nitriles is 1. The lowest BCUT2D eigenvalue weighted by atomic mass is 9.86. The fourth-order valence-electron chi connectivity index (χ4n) is 5.10. The first kappa shape index (κ1) is 20.3. The molecule has 2 saturated carbocycles. The lowest BCUT2D eigenvalue weighted by molar-refractivity contribution is -0.148. The van der Waals surface area contributed by atoms with Crippen LogP contribution >= 0.6 is 0 Å². The minimum atomic E-state index is -0.453. The third-order valence-electron chi connectivity index (χ3n) is 6.77. The Morgan fingerprint density at radius 2 is 2.17 bits per heavy atom. The van der Waals surface area contributed by atoms with Gasteiger partial charge in [0, 0.05) is 12.1 Å². The summed E-state index contributed by atoms with van der Waals surface area (Å²) in [5.41, 5.74) is 2.07. The Morgan fingerprint density at radius 1 is 1.33 bits per heavy atom. The van der Waals surface area contributed by atoms with E-state index in [0.717, 1.165) is 23.6 Å². The number of nitrogens with one attached hydrogen (secondary N) is 1. The lowest BCUT2D eigenvalue weighted by Crippen LogP contribution is -2.24. The summed E-state index contributed by atoms with van der Waals surface area (Å²) in [5.74, 6) is 2.16. The number of hydrogen-bond donors (Lipinski definition) is 1. The third-order valence-corrected chi connectivity index (χ3v) is 6.77. The molecule has 0 spiro atoms. The van der Waals surface area contributed by atoms with Crippen molar-refractivity contribution in [1.82, 2.24) is 4.57 Å². The van der Waals surface area contributed by atoms with Gasteiger partial charge in [0.15, 0.2) is 6.61 Å². The molecule has 2 heterocycles. The van der Waals surface area contributed by atoms with Gasteiger partial charge < -0.3 is 19.0 Å². The Kier molecular flexibility index (Phi) is 5.67. The topological polar surface area (TPSA) is 97.3 Å². The van der Waals surface area contributed by atoms with E-state index in [-0.39, 0.29) is 12.6 Å². The first-order valence-electron chi connectivity index (χ1n) is 10.5. The molecule has 2 aromatic heterocycles. The van der Waals surface area contributed by atoms with Gasteiger partial charge in [0.05, 0.1) is 18.4 Å². The summed E-state index contributed by atoms with van der Waals surface area (Å²) in [6.07, 6.45) is 6.82. The number of ether oxygens (including phenoxy) is 1. The van der Waals surface area contributed by atoms with Crippen molar-refractivity contribution in [2.45, 2.75) is 52.5 Å². The zero-order chi connectivity index (χ0) is 21.3. The zero-order valence-electron chi connectivity index (χ0n) is 17.4. The number of rotatable bonds is 7. The molecule has 0 saturated heterocycles. The van der Waals surface area contributed by atoms with Crippen molar-refractivity contribution in [3.8, 4) is 6.07 Å². The molecule has 2 aliphatic carbocycles. The highest BCUT2D eigenvalue weighted by Crippen LogP contribution is 2.49. The smallest absolute Gasteiger partial charge is 0.306 e. The Bertz CT molecular complexity index is 983. The molecule has 0 aromatic carbocycles. The molecule has 2 bridgehead atoms. The molecule has 3 atom stereocenters. The van der Waals surface area contributed by atoms with E-state index in [1.807, 2.05) is 24.5 Å². The van der Waals surface area contributed by atoms with E-state index in [1.54, 1.807) is 12.3 Å². The highest BCUT2D eigenvalue weighted by atomic mass is 16.5. The van der Waals surface area contributed by atoms with Gasteiger partial charge in [-0.2, -0.15) is 5.26 Å². The standard InChI is InChI=1S/C23H27N3O4/c1-14-15(2)26(12-19-4-3-7-29-19)23(20(14)11-24)25-21(27)13-30-22(28)10-18-9-16-5-6-17(18)8-16/h3-4,7,16-18H,5-6,8-10,12-13H2,1-2H3,(H,25,27)/t16-,17+,18+/m0/s1. The largest absolute Gasteiger partial charge is 0.467 e. The molecule has 0 aliphatic heterocycles. The van der Waals surface area contributed by atoms with Crippen LogP contribution in [0.3, 0.4) is 0 Å². The molecule has 158 valence electrons. The SMILES string of the molecule is Cc1c(C#N)c(NC(=O)COC(=O)C[C@H]2C[C@H]3CC[C@@H]2C3)n(Cc2ccco2)c1C. The number of aromatic nitrogens is 1. The van der Waals surface area contributed by atoms with Crippen molar-refractivity contribution < 1.29 is 18.7 Å². The molecule has 2 aromatic rings. The van der Waals surface area contributed by atoms with E-state index >= 15 is 0 Å². The van der Waals surface area contributed by atoms with Crippen molar-refractivity contribution >= 4 is 17.7 Å². The van der Waals surface area contributed by atoms with Gasteiger partial charge in [0.1, 0.15) is 17.6 Å². The molecular weight excluding hydrogens is 382 g/mol. The average molecular weight is 409 g/mol. The van der Waals surface area contributed by atoms with Crippen LogP contribution in [0.25, 0.3) is 0 Å². The molecule has 0 radical (unpaired) electrons. The molecule has 1 N–H and O–H groups in total. The number of esters is 1. The summed E-state index contributed by atoms with van der Waals surface area (Å²) in [7, 11) is 0. The van der Waals surface area contributed by atoms with Gasteiger partial charge in [-0.1, -0.05) is 6.42 Å². The molecule has 0 unspecified atom stereocenters. The van der Waals surface area contributed by atoms with Crippen LogP contribution in [0.5, 0.6) is 0 Å². The second kappa shape index (κ2) is 8.39. The second-order valence-corrected chi connectivity index (χ2v) is 8.56. The van der Waals surface area contributed by atoms with Crippen LogP contribution in [0.1, 0.15) is 54.7 Å². The van der Waals surface area contributed by atoms with E-state index in [1.165, 1.54) is 19.3 Å². The summed E-state index contributed by atoms with van der Waals surface area (Å²) < 4.78 is 12.5. The fourth-order valence-corrected chi connectivity index (χ4v) is 5.10. The quantitative estimate of drug-likeness (QED) is 0.699. The van der Waals surface area contributed by atoms with Gasteiger partial charge in [-0.05, 0) is 68.6 Å². The Balaban J connectivity index is 1.38. The summed E-state index contributed by atoms with van der Waals surface area (Å²) in [6.45, 7) is 3.77. The fraction of sp³-hybridized carbons (Fsp3) is 0.522. The average Bonchev–Trinajstić information content (AvgIpc) is 3.50. The number of hydrogen-bond acceptors (Lipinski definition) is 5. The van der Waals surface area contributed by atoms with Crippen LogP contribution in [0.4, 0.5) is 5.82 Å². The van der Waals surface area contributed by atoms with Gasteiger partial charge >= 0.3 is 5.97 Å². The Morgan fingerprint density at radius 3 is 2.80 bits per heavy atom. The summed E-state index contributed by atoms with van der Waals surface area (Å²) in [6, 6.07) is 5.79. The maximum Gasteiger partial charge on any atom is 0.306 e. The monoisotopic (exact) mass is 409 g/mol. The van der Waals surface area contributed by atoms with Crippen LogP contribution in [0.2, 0.25) is 0 Å². The summed E-state index contributed by atoms with van der Waals surface area (Å²) in [4.78, 5) is 24.7. The number of nitrogens with zero attached hydrogens (tertiary/aromatic N) is 2. The van der Waals surface area contributed by atoms with Crippen molar-refractivity contribution in [2.75, 3.05) is 11.9 Å². The molecule has 30 heavy (non-hydrogen) atoms. The number of furan rings is 1.